The van der Waals surface area contributed by atoms with Crippen LogP contribution >= 0.6 is 0 Å². The molecule has 1 rings (SSSR count). The Kier molecular flexibility index (Phi) is 1.58. The van der Waals surface area contributed by atoms with E-state index in [0.717, 1.165) is 5.22 Å². The molecule has 0 saturated carbocycles. The van der Waals surface area contributed by atoms with Gasteiger partial charge in [0.15, 0.2) is 0 Å². The van der Waals surface area contributed by atoms with Crippen molar-refractivity contribution in [1.82, 2.24) is 5.32 Å². The van der Waals surface area contributed by atoms with Crippen LogP contribution in [0.15, 0.2) is 16.7 Å². The third-order valence-electron chi connectivity index (χ3n) is 1.08. The molecule has 0 aliphatic heterocycles. The first-order valence-corrected chi connectivity index (χ1v) is 2.74. The number of hydrogen-bond acceptors (Lipinski definition) is 2. The van der Waals surface area contributed by atoms with Gasteiger partial charge in [0.25, 0.3) is 0 Å². The summed E-state index contributed by atoms with van der Waals surface area (Å²) >= 11 is 0. The molecule has 48 valence electrons. The summed E-state index contributed by atoms with van der Waals surface area (Å²) in [4.78, 5) is 0. The molecule has 0 unspecified atom stereocenters. The Bertz CT molecular complexity index is 273. The van der Waals surface area contributed by atoms with Crippen LogP contribution in [0.5, 0.6) is 0 Å². The maximum Gasteiger partial charge on any atom is 0.128 e. The van der Waals surface area contributed by atoms with E-state index in [9.17, 15) is 0 Å². The molecule has 2 heteroatoms. The van der Waals surface area contributed by atoms with Gasteiger partial charge in [-0.15, -0.1) is 0 Å². The van der Waals surface area contributed by atoms with E-state index in [1.54, 1.807) is 6.26 Å². The summed E-state index contributed by atoms with van der Waals surface area (Å²) in [5.74, 6) is 0. The second-order valence-electron chi connectivity index (χ2n) is 1.73. The molecule has 0 bridgehead atoms. The topological polar surface area (TPSA) is 25.2 Å². The third-order valence-corrected chi connectivity index (χ3v) is 1.08. The molecule has 0 atom stereocenters. The summed E-state index contributed by atoms with van der Waals surface area (Å²) in [6, 6.07) is 1.86. The third kappa shape index (κ3) is 1.13. The fraction of sp³-hybridized carbons (Fsp3) is 0.143. The average Bonchev–Trinajstić information content (AvgIpc) is 2.18. The van der Waals surface area contributed by atoms with Crippen molar-refractivity contribution >= 4 is 12.8 Å². The van der Waals surface area contributed by atoms with E-state index < -0.39 is 0 Å². The zero-order chi connectivity index (χ0) is 6.69. The Morgan fingerprint density at radius 3 is 3.00 bits per heavy atom. The maximum atomic E-state index is 4.93. The zero-order valence-electron chi connectivity index (χ0n) is 5.35. The molecular formula is C7H9NO. The molecule has 0 saturated heterocycles. The molecule has 1 heterocycles. The van der Waals surface area contributed by atoms with Crippen LogP contribution in [0.4, 0.5) is 0 Å². The molecular weight excluding hydrogens is 114 g/mol. The highest BCUT2D eigenvalue weighted by Crippen LogP contribution is 1.64. The smallest absolute Gasteiger partial charge is 0.128 e. The number of furan rings is 1. The van der Waals surface area contributed by atoms with E-state index in [-0.39, 0.29) is 0 Å². The van der Waals surface area contributed by atoms with Crippen molar-refractivity contribution in [2.45, 2.75) is 0 Å². The second-order valence-corrected chi connectivity index (χ2v) is 1.73. The molecule has 9 heavy (non-hydrogen) atoms. The molecule has 1 aromatic rings. The molecule has 0 aliphatic carbocycles. The summed E-state index contributed by atoms with van der Waals surface area (Å²) in [7, 11) is 1.84. The summed E-state index contributed by atoms with van der Waals surface area (Å²) < 4.78 is 4.93. The Morgan fingerprint density at radius 2 is 2.56 bits per heavy atom. The number of nitrogens with one attached hydrogen (secondary N) is 1. The highest BCUT2D eigenvalue weighted by atomic mass is 16.3. The molecule has 0 aliphatic rings. The van der Waals surface area contributed by atoms with Gasteiger partial charge in [-0.2, -0.15) is 0 Å². The van der Waals surface area contributed by atoms with Crippen LogP contribution in [0.1, 0.15) is 0 Å². The van der Waals surface area contributed by atoms with Crippen LogP contribution < -0.4 is 16.0 Å². The first-order valence-electron chi connectivity index (χ1n) is 2.74. The quantitative estimate of drug-likeness (QED) is 0.552. The lowest BCUT2D eigenvalue weighted by Gasteiger charge is -1.78. The molecule has 1 aromatic heterocycles. The highest BCUT2D eigenvalue weighted by Gasteiger charge is 1.80. The van der Waals surface area contributed by atoms with Crippen LogP contribution in [-0.4, -0.2) is 7.05 Å². The predicted octanol–water partition coefficient (Wildman–Crippen LogP) is -0.353. The van der Waals surface area contributed by atoms with Gasteiger partial charge in [0.05, 0.1) is 6.26 Å². The van der Waals surface area contributed by atoms with Crippen molar-refractivity contribution in [3.05, 3.63) is 23.0 Å². The minimum atomic E-state index is 0.698. The molecule has 1 N–H and O–H groups in total. The lowest BCUT2D eigenvalue weighted by molar-refractivity contribution is 0.532. The minimum absolute atomic E-state index is 0.698. The van der Waals surface area contributed by atoms with Gasteiger partial charge in [-0.1, -0.05) is 6.58 Å². The lowest BCUT2D eigenvalue weighted by Crippen LogP contribution is -2.20. The van der Waals surface area contributed by atoms with Crippen LogP contribution in [0.2, 0.25) is 0 Å². The molecule has 0 radical (unpaired) electrons. The van der Waals surface area contributed by atoms with Crippen molar-refractivity contribution in [1.29, 1.82) is 0 Å². The predicted molar refractivity (Wildman–Crippen MR) is 37.0 cm³/mol. The monoisotopic (exact) mass is 123 g/mol. The SMILES string of the molecule is C=c1occ/c1=C\NC. The number of rotatable bonds is 1. The lowest BCUT2D eigenvalue weighted by atomic mass is 10.5. The van der Waals surface area contributed by atoms with Crippen LogP contribution in [0.3, 0.4) is 0 Å². The van der Waals surface area contributed by atoms with E-state index in [1.165, 1.54) is 0 Å². The van der Waals surface area contributed by atoms with Crippen molar-refractivity contribution in [2.75, 3.05) is 7.05 Å². The van der Waals surface area contributed by atoms with E-state index >= 15 is 0 Å². The second kappa shape index (κ2) is 2.40. The van der Waals surface area contributed by atoms with Crippen molar-refractivity contribution in [3.63, 3.8) is 0 Å². The Morgan fingerprint density at radius 1 is 1.78 bits per heavy atom. The summed E-state index contributed by atoms with van der Waals surface area (Å²) in [5.41, 5.74) is 0.698. The fourth-order valence-electron chi connectivity index (χ4n) is 0.635. The molecule has 0 amide bonds. The van der Waals surface area contributed by atoms with Gasteiger partial charge in [-0.3, -0.25) is 0 Å². The molecule has 0 fully saturated rings. The normalized spacial score (nSPS) is 11.9. The van der Waals surface area contributed by atoms with Gasteiger partial charge >= 0.3 is 0 Å². The van der Waals surface area contributed by atoms with Gasteiger partial charge in [-0.05, 0) is 6.07 Å². The van der Waals surface area contributed by atoms with Crippen LogP contribution in [-0.2, 0) is 0 Å². The maximum absolute atomic E-state index is 4.93. The zero-order valence-corrected chi connectivity index (χ0v) is 5.35. The van der Waals surface area contributed by atoms with Gasteiger partial charge in [0.1, 0.15) is 5.42 Å². The molecule has 0 spiro atoms. The highest BCUT2D eigenvalue weighted by molar-refractivity contribution is 5.19. The first kappa shape index (κ1) is 5.95. The van der Waals surface area contributed by atoms with E-state index in [1.807, 2.05) is 19.3 Å². The first-order chi connectivity index (χ1) is 4.34. The van der Waals surface area contributed by atoms with Gasteiger partial charge in [-0.25, -0.2) is 0 Å². The van der Waals surface area contributed by atoms with Crippen LogP contribution in [0, 0.1) is 0 Å². The number of hydrogen-bond donors (Lipinski definition) is 1. The Balaban J connectivity index is 3.23. The minimum Gasteiger partial charge on any atom is -0.465 e. The van der Waals surface area contributed by atoms with E-state index in [2.05, 4.69) is 11.9 Å². The largest absolute Gasteiger partial charge is 0.465 e. The molecule has 2 nitrogen and oxygen atoms in total. The Hall–Kier alpha value is -1.18. The van der Waals surface area contributed by atoms with Gasteiger partial charge in [0, 0.05) is 18.5 Å². The summed E-state index contributed by atoms with van der Waals surface area (Å²) in [6.45, 7) is 3.66. The average molecular weight is 123 g/mol. The van der Waals surface area contributed by atoms with Crippen molar-refractivity contribution in [2.24, 2.45) is 0 Å². The fourth-order valence-corrected chi connectivity index (χ4v) is 0.635. The van der Waals surface area contributed by atoms with Crippen molar-refractivity contribution < 1.29 is 4.42 Å². The van der Waals surface area contributed by atoms with E-state index in [0.29, 0.717) is 5.42 Å². The summed E-state index contributed by atoms with van der Waals surface area (Å²) in [5, 5.41) is 3.88. The Labute approximate surface area is 53.5 Å². The van der Waals surface area contributed by atoms with Crippen LogP contribution in [0.25, 0.3) is 12.8 Å². The standard InChI is InChI=1S/C7H9NO/c1-6-7(5-8-2)3-4-9-6/h3-5,8H,1H2,2H3/b7-5+. The molecule has 0 aromatic carbocycles. The van der Waals surface area contributed by atoms with Gasteiger partial charge < -0.3 is 9.73 Å². The van der Waals surface area contributed by atoms with Gasteiger partial charge in [0.2, 0.25) is 0 Å². The van der Waals surface area contributed by atoms with E-state index in [4.69, 9.17) is 4.42 Å². The van der Waals surface area contributed by atoms with Crippen molar-refractivity contribution in [3.8, 4) is 0 Å². The summed E-state index contributed by atoms with van der Waals surface area (Å²) in [6.07, 6.45) is 3.46.